The summed E-state index contributed by atoms with van der Waals surface area (Å²) in [5.74, 6) is 1.72. The number of rotatable bonds is 4. The molecule has 0 bridgehead atoms. The summed E-state index contributed by atoms with van der Waals surface area (Å²) in [6, 6.07) is 8.05. The monoisotopic (exact) mass is 273 g/mol. The fourth-order valence-corrected chi connectivity index (χ4v) is 2.28. The summed E-state index contributed by atoms with van der Waals surface area (Å²) < 4.78 is 13.3. The first kappa shape index (κ1) is 13.0. The van der Waals surface area contributed by atoms with Crippen molar-refractivity contribution in [2.75, 3.05) is 13.2 Å². The van der Waals surface area contributed by atoms with Crippen molar-refractivity contribution >= 4 is 0 Å². The van der Waals surface area contributed by atoms with Gasteiger partial charge in [-0.05, 0) is 12.1 Å². The maximum absolute atomic E-state index is 5.80. The van der Waals surface area contributed by atoms with Gasteiger partial charge in [0.25, 0.3) is 0 Å². The van der Waals surface area contributed by atoms with Crippen molar-refractivity contribution in [2.24, 2.45) is 7.05 Å². The summed E-state index contributed by atoms with van der Waals surface area (Å²) in [5, 5.41) is 7.73. The Kier molecular flexibility index (Phi) is 3.87. The normalized spacial score (nSPS) is 14.1. The third kappa shape index (κ3) is 2.93. The lowest BCUT2D eigenvalue weighted by Crippen LogP contribution is -2.14. The van der Waals surface area contributed by atoms with E-state index in [-0.39, 0.29) is 0 Å². The van der Waals surface area contributed by atoms with Crippen molar-refractivity contribution in [2.45, 2.75) is 19.5 Å². The zero-order valence-electron chi connectivity index (χ0n) is 11.6. The van der Waals surface area contributed by atoms with Crippen LogP contribution in [0.2, 0.25) is 0 Å². The zero-order chi connectivity index (χ0) is 13.8. The summed E-state index contributed by atoms with van der Waals surface area (Å²) >= 11 is 0. The van der Waals surface area contributed by atoms with Gasteiger partial charge in [-0.15, -0.1) is 0 Å². The molecule has 0 amide bonds. The predicted molar refractivity (Wildman–Crippen MR) is 75.8 cm³/mol. The van der Waals surface area contributed by atoms with Gasteiger partial charge in [0, 0.05) is 38.3 Å². The van der Waals surface area contributed by atoms with Gasteiger partial charge in [0.15, 0.2) is 11.5 Å². The summed E-state index contributed by atoms with van der Waals surface area (Å²) in [4.78, 5) is 0. The Labute approximate surface area is 118 Å². The van der Waals surface area contributed by atoms with Gasteiger partial charge < -0.3 is 14.8 Å². The van der Waals surface area contributed by atoms with Crippen LogP contribution in [0.1, 0.15) is 17.7 Å². The maximum Gasteiger partial charge on any atom is 0.165 e. The average Bonchev–Trinajstić information content (AvgIpc) is 2.73. The van der Waals surface area contributed by atoms with Crippen LogP contribution in [-0.4, -0.2) is 23.0 Å². The van der Waals surface area contributed by atoms with Gasteiger partial charge in [-0.25, -0.2) is 0 Å². The van der Waals surface area contributed by atoms with E-state index in [9.17, 15) is 0 Å². The fourth-order valence-electron chi connectivity index (χ4n) is 2.28. The van der Waals surface area contributed by atoms with Crippen LogP contribution < -0.4 is 14.8 Å². The van der Waals surface area contributed by atoms with E-state index in [0.29, 0.717) is 6.61 Å². The van der Waals surface area contributed by atoms with E-state index >= 15 is 0 Å². The number of hydrogen-bond donors (Lipinski definition) is 1. The summed E-state index contributed by atoms with van der Waals surface area (Å²) in [7, 11) is 1.92. The van der Waals surface area contributed by atoms with Gasteiger partial charge >= 0.3 is 0 Å². The van der Waals surface area contributed by atoms with Gasteiger partial charge in [-0.1, -0.05) is 12.1 Å². The fraction of sp³-hybridized carbons (Fsp3) is 0.400. The minimum absolute atomic E-state index is 0.713. The lowest BCUT2D eigenvalue weighted by atomic mass is 10.2. The van der Waals surface area contributed by atoms with E-state index in [1.165, 1.54) is 0 Å². The molecular formula is C15H19N3O2. The molecule has 0 unspecified atom stereocenters. The molecule has 0 atom stereocenters. The van der Waals surface area contributed by atoms with Crippen LogP contribution in [0.5, 0.6) is 11.5 Å². The zero-order valence-corrected chi connectivity index (χ0v) is 11.6. The minimum Gasteiger partial charge on any atom is -0.490 e. The molecular weight excluding hydrogens is 254 g/mol. The van der Waals surface area contributed by atoms with E-state index in [1.54, 1.807) is 0 Å². The van der Waals surface area contributed by atoms with Crippen LogP contribution in [0, 0.1) is 0 Å². The molecule has 0 spiro atoms. The molecule has 1 N–H and O–H groups in total. The van der Waals surface area contributed by atoms with Crippen molar-refractivity contribution in [3.05, 3.63) is 41.7 Å². The molecule has 1 aromatic carbocycles. The number of para-hydroxylation sites is 1. The third-order valence-electron chi connectivity index (χ3n) is 3.24. The quantitative estimate of drug-likeness (QED) is 0.924. The highest BCUT2D eigenvalue weighted by atomic mass is 16.5. The lowest BCUT2D eigenvalue weighted by molar-refractivity contribution is 0.296. The number of nitrogens with zero attached hydrogens (tertiary/aromatic N) is 2. The molecule has 2 aromatic rings. The van der Waals surface area contributed by atoms with Crippen LogP contribution in [0.4, 0.5) is 0 Å². The van der Waals surface area contributed by atoms with Crippen molar-refractivity contribution in [3.8, 4) is 11.5 Å². The minimum atomic E-state index is 0.713. The van der Waals surface area contributed by atoms with Crippen molar-refractivity contribution < 1.29 is 9.47 Å². The molecule has 0 saturated heterocycles. The highest BCUT2D eigenvalue weighted by Crippen LogP contribution is 2.33. The molecule has 106 valence electrons. The van der Waals surface area contributed by atoms with Gasteiger partial charge in [-0.2, -0.15) is 5.10 Å². The highest BCUT2D eigenvalue weighted by Gasteiger charge is 2.13. The molecule has 5 nitrogen and oxygen atoms in total. The first-order valence-electron chi connectivity index (χ1n) is 6.89. The van der Waals surface area contributed by atoms with Gasteiger partial charge in [-0.3, -0.25) is 4.68 Å². The molecule has 0 fully saturated rings. The first-order chi connectivity index (χ1) is 9.83. The van der Waals surface area contributed by atoms with Crippen LogP contribution in [0.15, 0.2) is 30.5 Å². The van der Waals surface area contributed by atoms with Crippen LogP contribution in [0.3, 0.4) is 0 Å². The van der Waals surface area contributed by atoms with E-state index in [0.717, 1.165) is 48.9 Å². The van der Waals surface area contributed by atoms with Crippen molar-refractivity contribution in [1.29, 1.82) is 0 Å². The Morgan fingerprint density at radius 2 is 2.10 bits per heavy atom. The molecule has 0 radical (unpaired) electrons. The SMILES string of the molecule is Cn1ccc(CNCc2cccc3c2OCCCO3)n1. The van der Waals surface area contributed by atoms with E-state index in [1.807, 2.05) is 36.1 Å². The van der Waals surface area contributed by atoms with E-state index < -0.39 is 0 Å². The second-order valence-corrected chi connectivity index (χ2v) is 4.88. The molecule has 0 aliphatic carbocycles. The van der Waals surface area contributed by atoms with Crippen molar-refractivity contribution in [3.63, 3.8) is 0 Å². The number of aromatic nitrogens is 2. The Balaban J connectivity index is 1.65. The van der Waals surface area contributed by atoms with Crippen LogP contribution in [-0.2, 0) is 20.1 Å². The Morgan fingerprint density at radius 3 is 2.95 bits per heavy atom. The summed E-state index contributed by atoms with van der Waals surface area (Å²) in [6.07, 6.45) is 2.87. The number of benzene rings is 1. The number of fused-ring (bicyclic) bond motifs is 1. The maximum atomic E-state index is 5.80. The second kappa shape index (κ2) is 5.96. The van der Waals surface area contributed by atoms with Crippen LogP contribution >= 0.6 is 0 Å². The van der Waals surface area contributed by atoms with E-state index in [2.05, 4.69) is 16.5 Å². The smallest absolute Gasteiger partial charge is 0.165 e. The molecule has 0 saturated carbocycles. The van der Waals surface area contributed by atoms with Gasteiger partial charge in [0.2, 0.25) is 0 Å². The van der Waals surface area contributed by atoms with Crippen molar-refractivity contribution in [1.82, 2.24) is 15.1 Å². The molecule has 5 heteroatoms. The molecule has 2 heterocycles. The average molecular weight is 273 g/mol. The number of hydrogen-bond acceptors (Lipinski definition) is 4. The predicted octanol–water partition coefficient (Wildman–Crippen LogP) is 1.87. The number of ether oxygens (including phenoxy) is 2. The van der Waals surface area contributed by atoms with Gasteiger partial charge in [0.1, 0.15) is 0 Å². The third-order valence-corrected chi connectivity index (χ3v) is 3.24. The summed E-state index contributed by atoms with van der Waals surface area (Å²) in [6.45, 7) is 2.91. The van der Waals surface area contributed by atoms with Gasteiger partial charge in [0.05, 0.1) is 18.9 Å². The molecule has 3 rings (SSSR count). The molecule has 1 aliphatic rings. The lowest BCUT2D eigenvalue weighted by Gasteiger charge is -2.12. The highest BCUT2D eigenvalue weighted by molar-refractivity contribution is 5.47. The Bertz CT molecular complexity index is 580. The largest absolute Gasteiger partial charge is 0.490 e. The van der Waals surface area contributed by atoms with Crippen LogP contribution in [0.25, 0.3) is 0 Å². The molecule has 20 heavy (non-hydrogen) atoms. The topological polar surface area (TPSA) is 48.3 Å². The Hall–Kier alpha value is -2.01. The first-order valence-corrected chi connectivity index (χ1v) is 6.89. The molecule has 1 aliphatic heterocycles. The van der Waals surface area contributed by atoms with E-state index in [4.69, 9.17) is 9.47 Å². The molecule has 1 aromatic heterocycles. The number of aryl methyl sites for hydroxylation is 1. The standard InChI is InChI=1S/C15H19N3O2/c1-18-7-6-13(17-18)11-16-10-12-4-2-5-14-15(12)20-9-3-8-19-14/h2,4-7,16H,3,8-11H2,1H3. The Morgan fingerprint density at radius 1 is 1.20 bits per heavy atom. The summed E-state index contributed by atoms with van der Waals surface area (Å²) in [5.41, 5.74) is 2.16. The number of nitrogens with one attached hydrogen (secondary N) is 1. The second-order valence-electron chi connectivity index (χ2n) is 4.88.